The maximum absolute atomic E-state index is 12.2. The Kier molecular flexibility index (Phi) is 3.61. The topological polar surface area (TPSA) is 95.5 Å². The number of rotatable bonds is 3. The summed E-state index contributed by atoms with van der Waals surface area (Å²) in [5.41, 5.74) is 1.10. The molecule has 1 saturated heterocycles. The van der Waals surface area contributed by atoms with Gasteiger partial charge in [-0.3, -0.25) is 9.89 Å². The van der Waals surface area contributed by atoms with Crippen LogP contribution in [0.3, 0.4) is 0 Å². The van der Waals surface area contributed by atoms with Crippen LogP contribution in [0.5, 0.6) is 0 Å². The van der Waals surface area contributed by atoms with Crippen molar-refractivity contribution in [1.29, 1.82) is 0 Å². The molecule has 1 atom stereocenters. The fourth-order valence-electron chi connectivity index (χ4n) is 1.85. The lowest BCUT2D eigenvalue weighted by Crippen LogP contribution is -2.52. The molecule has 0 saturated carbocycles. The molecule has 98 valence electrons. The van der Waals surface area contributed by atoms with Gasteiger partial charge in [0.05, 0.1) is 13.2 Å². The minimum atomic E-state index is -1.06. The van der Waals surface area contributed by atoms with Gasteiger partial charge in [-0.2, -0.15) is 5.10 Å². The number of ether oxygens (including phenoxy) is 1. The molecule has 1 aliphatic heterocycles. The zero-order valence-corrected chi connectivity index (χ0v) is 10.0. The number of carboxylic acid groups (broad SMARTS) is 1. The van der Waals surface area contributed by atoms with Crippen molar-refractivity contribution < 1.29 is 19.4 Å². The Hall–Kier alpha value is -1.89. The van der Waals surface area contributed by atoms with E-state index in [0.717, 1.165) is 12.1 Å². The van der Waals surface area contributed by atoms with Crippen LogP contribution in [0.15, 0.2) is 6.07 Å². The number of nitrogens with zero attached hydrogens (tertiary/aromatic N) is 2. The second-order valence-electron chi connectivity index (χ2n) is 4.06. The average Bonchev–Trinajstić information content (AvgIpc) is 2.86. The molecule has 0 aromatic carbocycles. The van der Waals surface area contributed by atoms with Crippen molar-refractivity contribution in [2.24, 2.45) is 0 Å². The van der Waals surface area contributed by atoms with Crippen molar-refractivity contribution in [2.75, 3.05) is 19.8 Å². The van der Waals surface area contributed by atoms with E-state index in [4.69, 9.17) is 9.84 Å². The van der Waals surface area contributed by atoms with E-state index in [1.807, 2.05) is 6.92 Å². The maximum Gasteiger partial charge on any atom is 0.328 e. The number of carbonyl (C=O) groups is 2. The zero-order chi connectivity index (χ0) is 13.1. The lowest BCUT2D eigenvalue weighted by Gasteiger charge is -2.32. The number of amides is 1. The van der Waals surface area contributed by atoms with Crippen LogP contribution in [0, 0.1) is 0 Å². The quantitative estimate of drug-likeness (QED) is 0.784. The van der Waals surface area contributed by atoms with Gasteiger partial charge in [0.2, 0.25) is 0 Å². The molecule has 1 aromatic heterocycles. The standard InChI is InChI=1S/C11H15N3O4/c1-2-7-5-8(13-12-7)10(15)14-3-4-18-6-9(14)11(16)17/h5,9H,2-4,6H2,1H3,(H,12,13)(H,16,17). The number of aromatic amines is 1. The van der Waals surface area contributed by atoms with Crippen LogP contribution in [0.25, 0.3) is 0 Å². The first kappa shape index (κ1) is 12.6. The van der Waals surface area contributed by atoms with Crippen LogP contribution >= 0.6 is 0 Å². The number of hydrogen-bond acceptors (Lipinski definition) is 4. The molecule has 1 unspecified atom stereocenters. The number of hydrogen-bond donors (Lipinski definition) is 2. The number of aliphatic carboxylic acids is 1. The maximum atomic E-state index is 12.2. The predicted molar refractivity (Wildman–Crippen MR) is 61.2 cm³/mol. The molecule has 1 fully saturated rings. The lowest BCUT2D eigenvalue weighted by atomic mass is 10.2. The molecule has 0 radical (unpaired) electrons. The van der Waals surface area contributed by atoms with E-state index in [-0.39, 0.29) is 24.8 Å². The third kappa shape index (κ3) is 2.35. The summed E-state index contributed by atoms with van der Waals surface area (Å²) < 4.78 is 5.08. The highest BCUT2D eigenvalue weighted by Gasteiger charge is 2.34. The van der Waals surface area contributed by atoms with Gasteiger partial charge in [0.25, 0.3) is 5.91 Å². The van der Waals surface area contributed by atoms with Crippen LogP contribution in [0.1, 0.15) is 23.1 Å². The number of nitrogens with one attached hydrogen (secondary N) is 1. The number of carbonyl (C=O) groups excluding carboxylic acids is 1. The van der Waals surface area contributed by atoms with Crippen molar-refractivity contribution in [3.8, 4) is 0 Å². The van der Waals surface area contributed by atoms with Crippen LogP contribution in [0.4, 0.5) is 0 Å². The van der Waals surface area contributed by atoms with Crippen molar-refractivity contribution in [3.63, 3.8) is 0 Å². The number of aryl methyl sites for hydroxylation is 1. The van der Waals surface area contributed by atoms with Gasteiger partial charge in [0, 0.05) is 12.2 Å². The molecular formula is C11H15N3O4. The van der Waals surface area contributed by atoms with Gasteiger partial charge in [0.15, 0.2) is 6.04 Å². The highest BCUT2D eigenvalue weighted by molar-refractivity contribution is 5.95. The van der Waals surface area contributed by atoms with E-state index in [1.165, 1.54) is 4.90 Å². The minimum Gasteiger partial charge on any atom is -0.480 e. The van der Waals surface area contributed by atoms with Crippen molar-refractivity contribution in [1.82, 2.24) is 15.1 Å². The summed E-state index contributed by atoms with van der Waals surface area (Å²) in [6, 6.07) is 0.712. The molecule has 2 heterocycles. The van der Waals surface area contributed by atoms with Crippen LogP contribution < -0.4 is 0 Å². The summed E-state index contributed by atoms with van der Waals surface area (Å²) in [5, 5.41) is 15.7. The molecule has 7 nitrogen and oxygen atoms in total. The van der Waals surface area contributed by atoms with Crippen LogP contribution in [0.2, 0.25) is 0 Å². The Bertz CT molecular complexity index is 457. The second kappa shape index (κ2) is 5.18. The van der Waals surface area contributed by atoms with E-state index < -0.39 is 12.0 Å². The lowest BCUT2D eigenvalue weighted by molar-refractivity contribution is -0.147. The third-order valence-corrected chi connectivity index (χ3v) is 2.91. The van der Waals surface area contributed by atoms with Crippen LogP contribution in [-0.4, -0.2) is 57.9 Å². The van der Waals surface area contributed by atoms with Gasteiger partial charge in [-0.25, -0.2) is 4.79 Å². The zero-order valence-electron chi connectivity index (χ0n) is 10.0. The van der Waals surface area contributed by atoms with E-state index in [9.17, 15) is 9.59 Å². The molecule has 0 aliphatic carbocycles. The summed E-state index contributed by atoms with van der Waals surface area (Å²) in [6.45, 7) is 2.58. The van der Waals surface area contributed by atoms with Gasteiger partial charge < -0.3 is 14.7 Å². The molecule has 2 N–H and O–H groups in total. The molecule has 0 bridgehead atoms. The number of carboxylic acids is 1. The fourth-order valence-corrected chi connectivity index (χ4v) is 1.85. The van der Waals surface area contributed by atoms with E-state index in [1.54, 1.807) is 6.07 Å². The first-order chi connectivity index (χ1) is 8.63. The normalized spacial score (nSPS) is 19.8. The summed E-state index contributed by atoms with van der Waals surface area (Å²) in [5.74, 6) is -1.43. The predicted octanol–water partition coefficient (Wildman–Crippen LogP) is -0.102. The molecule has 18 heavy (non-hydrogen) atoms. The average molecular weight is 253 g/mol. The van der Waals surface area contributed by atoms with Crippen molar-refractivity contribution in [3.05, 3.63) is 17.5 Å². The molecule has 1 amide bonds. The van der Waals surface area contributed by atoms with Crippen molar-refractivity contribution >= 4 is 11.9 Å². The Balaban J connectivity index is 2.17. The SMILES string of the molecule is CCc1cc(C(=O)N2CCOCC2C(=O)O)n[nH]1. The molecule has 7 heteroatoms. The summed E-state index contributed by atoms with van der Waals surface area (Å²) >= 11 is 0. The Morgan fingerprint density at radius 1 is 1.67 bits per heavy atom. The Morgan fingerprint density at radius 2 is 2.44 bits per heavy atom. The van der Waals surface area contributed by atoms with E-state index in [0.29, 0.717) is 6.61 Å². The molecule has 0 spiro atoms. The fraction of sp³-hybridized carbons (Fsp3) is 0.545. The van der Waals surface area contributed by atoms with Crippen molar-refractivity contribution in [2.45, 2.75) is 19.4 Å². The minimum absolute atomic E-state index is 0.0200. The van der Waals surface area contributed by atoms with Gasteiger partial charge in [0.1, 0.15) is 5.69 Å². The van der Waals surface area contributed by atoms with Gasteiger partial charge in [-0.1, -0.05) is 6.92 Å². The largest absolute Gasteiger partial charge is 0.480 e. The number of H-pyrrole nitrogens is 1. The third-order valence-electron chi connectivity index (χ3n) is 2.91. The summed E-state index contributed by atoms with van der Waals surface area (Å²) in [7, 11) is 0. The highest BCUT2D eigenvalue weighted by Crippen LogP contribution is 2.12. The van der Waals surface area contributed by atoms with Gasteiger partial charge in [-0.15, -0.1) is 0 Å². The second-order valence-corrected chi connectivity index (χ2v) is 4.06. The Labute approximate surface area is 104 Å². The molecular weight excluding hydrogens is 238 g/mol. The monoisotopic (exact) mass is 253 g/mol. The smallest absolute Gasteiger partial charge is 0.328 e. The summed E-state index contributed by atoms with van der Waals surface area (Å²) in [6.07, 6.45) is 0.742. The first-order valence-electron chi connectivity index (χ1n) is 5.79. The van der Waals surface area contributed by atoms with E-state index >= 15 is 0 Å². The van der Waals surface area contributed by atoms with Gasteiger partial charge in [-0.05, 0) is 12.5 Å². The van der Waals surface area contributed by atoms with Crippen LogP contribution in [-0.2, 0) is 16.0 Å². The van der Waals surface area contributed by atoms with Gasteiger partial charge >= 0.3 is 5.97 Å². The molecule has 1 aliphatic rings. The van der Waals surface area contributed by atoms with E-state index in [2.05, 4.69) is 10.2 Å². The summed E-state index contributed by atoms with van der Waals surface area (Å²) in [4.78, 5) is 24.5. The first-order valence-corrected chi connectivity index (χ1v) is 5.79. The highest BCUT2D eigenvalue weighted by atomic mass is 16.5. The molecule has 2 rings (SSSR count). The number of aromatic nitrogens is 2. The molecule has 1 aromatic rings. The number of morpholine rings is 1. The Morgan fingerprint density at radius 3 is 3.06 bits per heavy atom.